The van der Waals surface area contributed by atoms with Crippen LogP contribution in [0.4, 0.5) is 4.39 Å². The summed E-state index contributed by atoms with van der Waals surface area (Å²) in [5.74, 6) is 0.168. The van der Waals surface area contributed by atoms with Crippen molar-refractivity contribution in [2.45, 2.75) is 6.61 Å². The molecule has 0 amide bonds. The van der Waals surface area contributed by atoms with E-state index >= 15 is 0 Å². The highest BCUT2D eigenvalue weighted by Crippen LogP contribution is 2.34. The van der Waals surface area contributed by atoms with Gasteiger partial charge in [-0.3, -0.25) is 4.79 Å². The molecule has 0 atom stereocenters. The molecule has 110 valence electrons. The van der Waals surface area contributed by atoms with E-state index < -0.39 is 5.82 Å². The van der Waals surface area contributed by atoms with Crippen molar-refractivity contribution >= 4 is 29.5 Å². The van der Waals surface area contributed by atoms with Gasteiger partial charge in [0, 0.05) is 16.7 Å². The molecule has 6 heteroatoms. The monoisotopic (exact) mass is 328 g/mol. The Morgan fingerprint density at radius 2 is 2.00 bits per heavy atom. The van der Waals surface area contributed by atoms with E-state index in [0.717, 1.165) is 0 Å². The van der Waals surface area contributed by atoms with Gasteiger partial charge in [-0.1, -0.05) is 29.3 Å². The average molecular weight is 329 g/mol. The Balaban J connectivity index is 2.29. The van der Waals surface area contributed by atoms with E-state index in [9.17, 15) is 9.18 Å². The number of aldehydes is 1. The zero-order chi connectivity index (χ0) is 15.4. The van der Waals surface area contributed by atoms with Crippen LogP contribution < -0.4 is 9.47 Å². The van der Waals surface area contributed by atoms with Gasteiger partial charge in [-0.2, -0.15) is 0 Å². The van der Waals surface area contributed by atoms with Crippen LogP contribution in [0.3, 0.4) is 0 Å². The summed E-state index contributed by atoms with van der Waals surface area (Å²) in [4.78, 5) is 11.1. The van der Waals surface area contributed by atoms with Gasteiger partial charge in [0.1, 0.15) is 12.4 Å². The molecule has 0 unspecified atom stereocenters. The largest absolute Gasteiger partial charge is 0.493 e. The molecule has 0 aliphatic rings. The maximum atomic E-state index is 13.0. The molecule has 0 bridgehead atoms. The SMILES string of the molecule is COc1cc(Cl)cc(C=O)c1OCc1ccc(F)cc1Cl. The van der Waals surface area contributed by atoms with Gasteiger partial charge in [-0.25, -0.2) is 4.39 Å². The summed E-state index contributed by atoms with van der Waals surface area (Å²) in [6.45, 7) is 0.0674. The summed E-state index contributed by atoms with van der Waals surface area (Å²) < 4.78 is 23.7. The molecule has 2 aromatic carbocycles. The van der Waals surface area contributed by atoms with Gasteiger partial charge in [0.25, 0.3) is 0 Å². The number of rotatable bonds is 5. The first-order valence-corrected chi connectivity index (χ1v) is 6.70. The van der Waals surface area contributed by atoms with Crippen LogP contribution in [-0.4, -0.2) is 13.4 Å². The number of carbonyl (C=O) groups is 1. The van der Waals surface area contributed by atoms with Crippen LogP contribution in [-0.2, 0) is 6.61 Å². The van der Waals surface area contributed by atoms with Crippen LogP contribution in [0.25, 0.3) is 0 Å². The first kappa shape index (κ1) is 15.6. The number of hydrogen-bond acceptors (Lipinski definition) is 3. The molecule has 0 aromatic heterocycles. The first-order chi connectivity index (χ1) is 10.0. The Hall–Kier alpha value is -1.78. The van der Waals surface area contributed by atoms with Crippen LogP contribution >= 0.6 is 23.2 Å². The highest BCUT2D eigenvalue weighted by molar-refractivity contribution is 6.31. The van der Waals surface area contributed by atoms with E-state index in [1.54, 1.807) is 0 Å². The van der Waals surface area contributed by atoms with Gasteiger partial charge in [0.05, 0.1) is 17.7 Å². The minimum absolute atomic E-state index is 0.0674. The average Bonchev–Trinajstić information content (AvgIpc) is 2.46. The molecule has 21 heavy (non-hydrogen) atoms. The predicted molar refractivity (Wildman–Crippen MR) is 79.1 cm³/mol. The van der Waals surface area contributed by atoms with E-state index in [0.29, 0.717) is 22.6 Å². The number of carbonyl (C=O) groups excluding carboxylic acids is 1. The molecule has 3 nitrogen and oxygen atoms in total. The molecule has 0 heterocycles. The van der Waals surface area contributed by atoms with Crippen LogP contribution in [0.1, 0.15) is 15.9 Å². The Morgan fingerprint density at radius 1 is 1.24 bits per heavy atom. The Morgan fingerprint density at radius 3 is 2.62 bits per heavy atom. The number of ether oxygens (including phenoxy) is 2. The highest BCUT2D eigenvalue weighted by atomic mass is 35.5. The van der Waals surface area contributed by atoms with E-state index in [4.69, 9.17) is 32.7 Å². The minimum Gasteiger partial charge on any atom is -0.493 e. The maximum absolute atomic E-state index is 13.0. The molecule has 0 aliphatic carbocycles. The van der Waals surface area contributed by atoms with Gasteiger partial charge < -0.3 is 9.47 Å². The number of halogens is 3. The van der Waals surface area contributed by atoms with Gasteiger partial charge >= 0.3 is 0 Å². The molecular weight excluding hydrogens is 318 g/mol. The predicted octanol–water partition coefficient (Wildman–Crippen LogP) is 4.53. The third-order valence-corrected chi connectivity index (χ3v) is 3.35. The summed E-state index contributed by atoms with van der Waals surface area (Å²) in [5.41, 5.74) is 0.851. The van der Waals surface area contributed by atoms with Crippen molar-refractivity contribution in [3.05, 3.63) is 57.3 Å². The third kappa shape index (κ3) is 3.65. The first-order valence-electron chi connectivity index (χ1n) is 5.94. The summed E-state index contributed by atoms with van der Waals surface area (Å²) >= 11 is 11.8. The summed E-state index contributed by atoms with van der Waals surface area (Å²) in [5, 5.41) is 0.608. The van der Waals surface area contributed by atoms with Crippen LogP contribution in [0, 0.1) is 5.82 Å². The van der Waals surface area contributed by atoms with Gasteiger partial charge in [0.15, 0.2) is 17.8 Å². The molecule has 2 aromatic rings. The second kappa shape index (κ2) is 6.78. The fourth-order valence-corrected chi connectivity index (χ4v) is 2.21. The van der Waals surface area contributed by atoms with E-state index in [1.807, 2.05) is 0 Å². The van der Waals surface area contributed by atoms with Gasteiger partial charge in [0.2, 0.25) is 0 Å². The fraction of sp³-hybridized carbons (Fsp3) is 0.133. The lowest BCUT2D eigenvalue weighted by molar-refractivity contribution is 0.111. The molecular formula is C15H11Cl2FO3. The van der Waals surface area contributed by atoms with Crippen LogP contribution in [0.5, 0.6) is 11.5 Å². The van der Waals surface area contributed by atoms with Crippen molar-refractivity contribution in [3.8, 4) is 11.5 Å². The molecule has 0 saturated heterocycles. The molecule has 0 spiro atoms. The number of hydrogen-bond donors (Lipinski definition) is 0. The molecule has 2 rings (SSSR count). The smallest absolute Gasteiger partial charge is 0.172 e. The van der Waals surface area contributed by atoms with Crippen molar-refractivity contribution in [3.63, 3.8) is 0 Å². The lowest BCUT2D eigenvalue weighted by Crippen LogP contribution is -2.01. The zero-order valence-electron chi connectivity index (χ0n) is 11.0. The summed E-state index contributed by atoms with van der Waals surface area (Å²) in [6, 6.07) is 7.00. The minimum atomic E-state index is -0.429. The van der Waals surface area contributed by atoms with Crippen LogP contribution in [0.2, 0.25) is 10.0 Å². The lowest BCUT2D eigenvalue weighted by Gasteiger charge is -2.14. The van der Waals surface area contributed by atoms with Crippen molar-refractivity contribution in [2.24, 2.45) is 0 Å². The lowest BCUT2D eigenvalue weighted by atomic mass is 10.2. The van der Waals surface area contributed by atoms with Crippen molar-refractivity contribution in [1.29, 1.82) is 0 Å². The standard InChI is InChI=1S/C15H11Cl2FO3/c1-20-14-5-11(16)4-10(7-19)15(14)21-8-9-2-3-12(18)6-13(9)17/h2-7H,8H2,1H3. The maximum Gasteiger partial charge on any atom is 0.172 e. The topological polar surface area (TPSA) is 35.5 Å². The Kier molecular flexibility index (Phi) is 5.04. The summed E-state index contributed by atoms with van der Waals surface area (Å²) in [6.07, 6.45) is 0.621. The Bertz CT molecular complexity index is 674. The van der Waals surface area contributed by atoms with Gasteiger partial charge in [-0.05, 0) is 18.2 Å². The summed E-state index contributed by atoms with van der Waals surface area (Å²) in [7, 11) is 1.44. The molecule has 0 radical (unpaired) electrons. The third-order valence-electron chi connectivity index (χ3n) is 2.78. The van der Waals surface area contributed by atoms with Crippen molar-refractivity contribution in [2.75, 3.05) is 7.11 Å². The Labute approximate surface area is 131 Å². The number of methoxy groups -OCH3 is 1. The zero-order valence-corrected chi connectivity index (χ0v) is 12.5. The van der Waals surface area contributed by atoms with E-state index in [-0.39, 0.29) is 22.9 Å². The normalized spacial score (nSPS) is 10.3. The van der Waals surface area contributed by atoms with Gasteiger partial charge in [-0.15, -0.1) is 0 Å². The molecule has 0 N–H and O–H groups in total. The van der Waals surface area contributed by atoms with Crippen molar-refractivity contribution in [1.82, 2.24) is 0 Å². The fourth-order valence-electron chi connectivity index (χ4n) is 1.77. The second-order valence-corrected chi connectivity index (χ2v) is 5.01. The molecule has 0 saturated carbocycles. The van der Waals surface area contributed by atoms with Crippen molar-refractivity contribution < 1.29 is 18.7 Å². The molecule has 0 aliphatic heterocycles. The second-order valence-electron chi connectivity index (χ2n) is 4.17. The molecule has 0 fully saturated rings. The number of benzene rings is 2. The highest BCUT2D eigenvalue weighted by Gasteiger charge is 2.13. The quantitative estimate of drug-likeness (QED) is 0.756. The van der Waals surface area contributed by atoms with E-state index in [2.05, 4.69) is 0 Å². The van der Waals surface area contributed by atoms with Crippen LogP contribution in [0.15, 0.2) is 30.3 Å². The van der Waals surface area contributed by atoms with E-state index in [1.165, 1.54) is 37.4 Å².